The van der Waals surface area contributed by atoms with Crippen LogP contribution in [0.3, 0.4) is 0 Å². The summed E-state index contributed by atoms with van der Waals surface area (Å²) < 4.78 is 18.9. The molecule has 1 aromatic carbocycles. The van der Waals surface area contributed by atoms with E-state index >= 15 is 0 Å². The van der Waals surface area contributed by atoms with Crippen LogP contribution < -0.4 is 4.74 Å². The number of nitrogens with zero attached hydrogens (tertiary/aromatic N) is 3. The van der Waals surface area contributed by atoms with E-state index in [9.17, 15) is 14.5 Å². The zero-order chi connectivity index (χ0) is 14.7. The number of ether oxygens (including phenoxy) is 1. The fraction of sp³-hybridized carbons (Fsp3) is 0.0769. The van der Waals surface area contributed by atoms with E-state index in [-0.39, 0.29) is 17.3 Å². The Labute approximate surface area is 113 Å². The van der Waals surface area contributed by atoms with Crippen molar-refractivity contribution in [3.63, 3.8) is 0 Å². The van der Waals surface area contributed by atoms with E-state index in [1.54, 1.807) is 13.0 Å². The van der Waals surface area contributed by atoms with Gasteiger partial charge in [0, 0.05) is 17.8 Å². The highest BCUT2D eigenvalue weighted by Crippen LogP contribution is 2.27. The largest absolute Gasteiger partial charge is 0.436 e. The van der Waals surface area contributed by atoms with Crippen molar-refractivity contribution in [2.24, 2.45) is 0 Å². The number of nitro groups is 1. The molecule has 0 bridgehead atoms. The van der Waals surface area contributed by atoms with Gasteiger partial charge in [0.25, 0.3) is 5.69 Å². The van der Waals surface area contributed by atoms with Gasteiger partial charge in [-0.1, -0.05) is 0 Å². The lowest BCUT2D eigenvalue weighted by Gasteiger charge is -2.06. The van der Waals surface area contributed by atoms with Gasteiger partial charge < -0.3 is 4.74 Å². The van der Waals surface area contributed by atoms with Gasteiger partial charge in [-0.3, -0.25) is 10.1 Å². The van der Waals surface area contributed by atoms with Crippen molar-refractivity contribution < 1.29 is 14.1 Å². The molecule has 0 aliphatic rings. The smallest absolute Gasteiger partial charge is 0.272 e. The number of nitriles is 1. The maximum atomic E-state index is 13.7. The average molecular weight is 273 g/mol. The normalized spacial score (nSPS) is 9.85. The lowest BCUT2D eigenvalue weighted by Crippen LogP contribution is -1.95. The summed E-state index contributed by atoms with van der Waals surface area (Å²) in [5.74, 6) is -1.02. The minimum atomic E-state index is -0.874. The molecule has 0 amide bonds. The number of benzene rings is 1. The highest BCUT2D eigenvalue weighted by molar-refractivity contribution is 5.40. The number of non-ortho nitro benzene ring substituents is 1. The lowest BCUT2D eigenvalue weighted by molar-refractivity contribution is -0.385. The molecule has 0 atom stereocenters. The molecule has 0 fully saturated rings. The van der Waals surface area contributed by atoms with Crippen molar-refractivity contribution in [3.8, 4) is 17.7 Å². The number of halogens is 1. The van der Waals surface area contributed by atoms with Gasteiger partial charge >= 0.3 is 0 Å². The van der Waals surface area contributed by atoms with Crippen LogP contribution in [0, 0.1) is 34.2 Å². The monoisotopic (exact) mass is 273 g/mol. The van der Waals surface area contributed by atoms with E-state index in [4.69, 9.17) is 10.00 Å². The van der Waals surface area contributed by atoms with Crippen LogP contribution in [0.5, 0.6) is 11.6 Å². The van der Waals surface area contributed by atoms with E-state index in [2.05, 4.69) is 4.98 Å². The summed E-state index contributed by atoms with van der Waals surface area (Å²) in [6.45, 7) is 1.67. The van der Waals surface area contributed by atoms with Crippen LogP contribution >= 0.6 is 0 Å². The molecule has 0 unspecified atom stereocenters. The number of hydrogen-bond acceptors (Lipinski definition) is 5. The van der Waals surface area contributed by atoms with Gasteiger partial charge in [0.15, 0.2) is 11.6 Å². The summed E-state index contributed by atoms with van der Waals surface area (Å²) in [5, 5.41) is 19.3. The molecule has 0 spiro atoms. The number of nitro benzene ring substituents is 1. The predicted octanol–water partition coefficient (Wildman–Crippen LogP) is 3.10. The van der Waals surface area contributed by atoms with Crippen molar-refractivity contribution in [2.45, 2.75) is 6.92 Å². The van der Waals surface area contributed by atoms with Crippen molar-refractivity contribution in [2.75, 3.05) is 0 Å². The predicted molar refractivity (Wildman–Crippen MR) is 66.8 cm³/mol. The molecule has 2 rings (SSSR count). The molecule has 0 saturated carbocycles. The molecule has 20 heavy (non-hydrogen) atoms. The Balaban J connectivity index is 2.33. The zero-order valence-corrected chi connectivity index (χ0v) is 10.3. The molecule has 1 heterocycles. The molecule has 0 radical (unpaired) electrons. The van der Waals surface area contributed by atoms with Crippen molar-refractivity contribution in [1.82, 2.24) is 4.98 Å². The van der Waals surface area contributed by atoms with Crippen LogP contribution in [0.15, 0.2) is 30.3 Å². The molecule has 100 valence electrons. The molecule has 0 N–H and O–H groups in total. The second kappa shape index (κ2) is 5.32. The van der Waals surface area contributed by atoms with Crippen molar-refractivity contribution in [3.05, 3.63) is 57.5 Å². The van der Waals surface area contributed by atoms with Crippen LogP contribution in [0.25, 0.3) is 0 Å². The van der Waals surface area contributed by atoms with Crippen LogP contribution in [0.1, 0.15) is 11.3 Å². The van der Waals surface area contributed by atoms with Gasteiger partial charge in [-0.15, -0.1) is 0 Å². The van der Waals surface area contributed by atoms with E-state index < -0.39 is 10.7 Å². The van der Waals surface area contributed by atoms with E-state index in [1.165, 1.54) is 6.07 Å². The summed E-state index contributed by atoms with van der Waals surface area (Å²) in [6, 6.07) is 7.87. The maximum Gasteiger partial charge on any atom is 0.272 e. The standard InChI is InChI=1S/C13H8FN3O3/c1-8-4-9(7-15)5-13(16-8)20-12-3-2-10(17(18)19)6-11(12)14/h2-6H,1H3. The molecule has 0 saturated heterocycles. The number of aryl methyl sites for hydroxylation is 1. The fourth-order valence-electron chi connectivity index (χ4n) is 1.55. The molecule has 6 nitrogen and oxygen atoms in total. The molecule has 1 aromatic heterocycles. The van der Waals surface area contributed by atoms with Crippen LogP contribution in [-0.2, 0) is 0 Å². The Kier molecular flexibility index (Phi) is 3.57. The van der Waals surface area contributed by atoms with Gasteiger partial charge in [-0.2, -0.15) is 5.26 Å². The molecule has 7 heteroatoms. The van der Waals surface area contributed by atoms with Gasteiger partial charge in [0.05, 0.1) is 22.6 Å². The highest BCUT2D eigenvalue weighted by atomic mass is 19.1. The number of aromatic nitrogens is 1. The van der Waals surface area contributed by atoms with Crippen molar-refractivity contribution >= 4 is 5.69 Å². The number of hydrogen-bond donors (Lipinski definition) is 0. The first kappa shape index (κ1) is 13.4. The third-order valence-electron chi connectivity index (χ3n) is 2.40. The molecular weight excluding hydrogens is 265 g/mol. The third kappa shape index (κ3) is 2.87. The first-order valence-corrected chi connectivity index (χ1v) is 5.50. The van der Waals surface area contributed by atoms with Gasteiger partial charge in [-0.25, -0.2) is 9.37 Å². The highest BCUT2D eigenvalue weighted by Gasteiger charge is 2.13. The van der Waals surface area contributed by atoms with Crippen LogP contribution in [0.4, 0.5) is 10.1 Å². The van der Waals surface area contributed by atoms with E-state index in [0.717, 1.165) is 18.2 Å². The second-order valence-electron chi connectivity index (χ2n) is 3.92. The molecule has 2 aromatic rings. The summed E-state index contributed by atoms with van der Waals surface area (Å²) in [5.41, 5.74) is 0.501. The van der Waals surface area contributed by atoms with Crippen LogP contribution in [-0.4, -0.2) is 9.91 Å². The maximum absolute atomic E-state index is 13.7. The molecule has 0 aliphatic carbocycles. The van der Waals surface area contributed by atoms with Crippen molar-refractivity contribution in [1.29, 1.82) is 5.26 Å². The Morgan fingerprint density at radius 2 is 2.15 bits per heavy atom. The average Bonchev–Trinajstić information content (AvgIpc) is 2.40. The Hall–Kier alpha value is -3.01. The zero-order valence-electron chi connectivity index (χ0n) is 10.3. The minimum absolute atomic E-state index is 0.0503. The Bertz CT molecular complexity index is 725. The first-order chi connectivity index (χ1) is 9.49. The van der Waals surface area contributed by atoms with E-state index in [1.807, 2.05) is 6.07 Å². The topological polar surface area (TPSA) is 89.0 Å². The lowest BCUT2D eigenvalue weighted by atomic mass is 10.2. The van der Waals surface area contributed by atoms with E-state index in [0.29, 0.717) is 11.3 Å². The molecule has 0 aliphatic heterocycles. The Morgan fingerprint density at radius 3 is 2.75 bits per heavy atom. The summed E-state index contributed by atoms with van der Waals surface area (Å²) in [6.07, 6.45) is 0. The minimum Gasteiger partial charge on any atom is -0.436 e. The summed E-state index contributed by atoms with van der Waals surface area (Å²) >= 11 is 0. The molecular formula is C13H8FN3O3. The van der Waals surface area contributed by atoms with Gasteiger partial charge in [0.2, 0.25) is 5.88 Å². The SMILES string of the molecule is Cc1cc(C#N)cc(Oc2ccc([N+](=O)[O-])cc2F)n1. The summed E-state index contributed by atoms with van der Waals surface area (Å²) in [7, 11) is 0. The Morgan fingerprint density at radius 1 is 1.40 bits per heavy atom. The van der Waals surface area contributed by atoms with Gasteiger partial charge in [-0.05, 0) is 19.1 Å². The fourth-order valence-corrected chi connectivity index (χ4v) is 1.55. The van der Waals surface area contributed by atoms with Gasteiger partial charge in [0.1, 0.15) is 0 Å². The number of rotatable bonds is 3. The second-order valence-corrected chi connectivity index (χ2v) is 3.92. The third-order valence-corrected chi connectivity index (χ3v) is 2.40. The summed E-state index contributed by atoms with van der Waals surface area (Å²) in [4.78, 5) is 13.8. The quantitative estimate of drug-likeness (QED) is 0.633. The first-order valence-electron chi connectivity index (χ1n) is 5.50. The number of pyridine rings is 1. The van der Waals surface area contributed by atoms with Crippen LogP contribution in [0.2, 0.25) is 0 Å².